The summed E-state index contributed by atoms with van der Waals surface area (Å²) in [6, 6.07) is 12.6. The maximum Gasteiger partial charge on any atom is 0.294 e. The number of carbonyl (C=O) groups excluding carboxylic acids is 1. The molecule has 11 nitrogen and oxygen atoms in total. The number of ether oxygens (including phenoxy) is 1. The van der Waals surface area contributed by atoms with Crippen LogP contribution < -0.4 is 15.9 Å². The van der Waals surface area contributed by atoms with E-state index < -0.39 is 11.7 Å². The molecule has 4 aromatic rings. The van der Waals surface area contributed by atoms with Crippen molar-refractivity contribution in [1.29, 1.82) is 0 Å². The Hall–Kier alpha value is -4.61. The average molecular weight is 422 g/mol. The van der Waals surface area contributed by atoms with Gasteiger partial charge in [-0.2, -0.15) is 9.78 Å². The molecule has 0 fully saturated rings. The number of rotatable bonds is 6. The number of carbonyl (C=O) groups is 1. The predicted molar refractivity (Wildman–Crippen MR) is 107 cm³/mol. The lowest BCUT2D eigenvalue weighted by molar-refractivity contribution is 0.0950. The van der Waals surface area contributed by atoms with Gasteiger partial charge in [-0.15, -0.1) is 5.10 Å². The van der Waals surface area contributed by atoms with E-state index in [1.54, 1.807) is 30.3 Å². The molecule has 31 heavy (non-hydrogen) atoms. The van der Waals surface area contributed by atoms with Crippen LogP contribution in [0.3, 0.4) is 0 Å². The summed E-state index contributed by atoms with van der Waals surface area (Å²) in [5.74, 6) is -0.506. The molecule has 2 aromatic carbocycles. The van der Waals surface area contributed by atoms with Crippen LogP contribution in [0.25, 0.3) is 17.1 Å². The number of amides is 1. The van der Waals surface area contributed by atoms with Gasteiger partial charge in [-0.1, -0.05) is 29.5 Å². The Morgan fingerprint density at radius 3 is 2.84 bits per heavy atom. The van der Waals surface area contributed by atoms with Gasteiger partial charge in [0.2, 0.25) is 11.6 Å². The number of nitrogens with two attached hydrogens (primary N) is 1. The maximum atomic E-state index is 13.3. The first-order valence-corrected chi connectivity index (χ1v) is 8.84. The highest BCUT2D eigenvalue weighted by Crippen LogP contribution is 2.28. The maximum absolute atomic E-state index is 13.3. The minimum Gasteiger partial charge on any atom is -0.497 e. The van der Waals surface area contributed by atoms with Crippen LogP contribution in [0.1, 0.15) is 16.1 Å². The molecule has 0 aliphatic rings. The first-order chi connectivity index (χ1) is 15.1. The van der Waals surface area contributed by atoms with Gasteiger partial charge in [0, 0.05) is 5.56 Å². The molecule has 12 heteroatoms. The van der Waals surface area contributed by atoms with Gasteiger partial charge in [-0.05, 0) is 40.1 Å². The van der Waals surface area contributed by atoms with E-state index in [1.807, 2.05) is 0 Å². The zero-order valence-electron chi connectivity index (χ0n) is 16.1. The number of halogens is 1. The van der Waals surface area contributed by atoms with Gasteiger partial charge < -0.3 is 10.5 Å². The van der Waals surface area contributed by atoms with E-state index in [4.69, 9.17) is 10.5 Å². The standard InChI is InChI=1S/C19H15FN8O3/c1-30-14-7-3-5-12(9-14)16-15(23-27-28(16)18-17(21)25-31-26-18)19(29)24-22-10-11-4-2-6-13(20)8-11/h2-10H,1H3,(H2,21,25)(H,24,29). The van der Waals surface area contributed by atoms with E-state index in [0.717, 1.165) is 0 Å². The van der Waals surface area contributed by atoms with Gasteiger partial charge in [0.25, 0.3) is 5.91 Å². The molecular weight excluding hydrogens is 407 g/mol. The molecule has 0 radical (unpaired) electrons. The minimum atomic E-state index is -0.660. The first kappa shape index (κ1) is 19.7. The summed E-state index contributed by atoms with van der Waals surface area (Å²) in [6.45, 7) is 0. The summed E-state index contributed by atoms with van der Waals surface area (Å²) in [7, 11) is 1.52. The van der Waals surface area contributed by atoms with Gasteiger partial charge in [-0.3, -0.25) is 4.79 Å². The number of hydrazone groups is 1. The van der Waals surface area contributed by atoms with Crippen LogP contribution in [0.5, 0.6) is 5.75 Å². The van der Waals surface area contributed by atoms with E-state index in [2.05, 4.69) is 35.8 Å². The summed E-state index contributed by atoms with van der Waals surface area (Å²) >= 11 is 0. The second kappa shape index (κ2) is 8.41. The number of nitrogens with zero attached hydrogens (tertiary/aromatic N) is 6. The third-order valence-electron chi connectivity index (χ3n) is 4.15. The van der Waals surface area contributed by atoms with Crippen LogP contribution in [0.15, 0.2) is 58.3 Å². The monoisotopic (exact) mass is 422 g/mol. The molecule has 4 rings (SSSR count). The predicted octanol–water partition coefficient (Wildman–Crippen LogP) is 1.81. The molecule has 1 amide bonds. The van der Waals surface area contributed by atoms with Crippen LogP contribution in [-0.4, -0.2) is 44.5 Å². The lowest BCUT2D eigenvalue weighted by atomic mass is 10.1. The minimum absolute atomic E-state index is 0.0369. The van der Waals surface area contributed by atoms with Crippen LogP contribution in [0.2, 0.25) is 0 Å². The van der Waals surface area contributed by atoms with Gasteiger partial charge in [0.1, 0.15) is 17.3 Å². The molecule has 0 aliphatic carbocycles. The van der Waals surface area contributed by atoms with Crippen LogP contribution in [0.4, 0.5) is 10.2 Å². The molecule has 0 saturated heterocycles. The molecule has 0 aliphatic heterocycles. The zero-order chi connectivity index (χ0) is 21.8. The Bertz CT molecular complexity index is 1270. The van der Waals surface area contributed by atoms with Gasteiger partial charge in [0.15, 0.2) is 5.69 Å². The Morgan fingerprint density at radius 1 is 1.26 bits per heavy atom. The van der Waals surface area contributed by atoms with Gasteiger partial charge in [0.05, 0.1) is 13.3 Å². The Balaban J connectivity index is 1.71. The lowest BCUT2D eigenvalue weighted by Crippen LogP contribution is -2.19. The summed E-state index contributed by atoms with van der Waals surface area (Å²) < 4.78 is 24.4. The van der Waals surface area contributed by atoms with E-state index >= 15 is 0 Å². The summed E-state index contributed by atoms with van der Waals surface area (Å²) in [4.78, 5) is 12.8. The number of anilines is 1. The highest BCUT2D eigenvalue weighted by molar-refractivity contribution is 5.98. The third kappa shape index (κ3) is 4.07. The molecule has 0 bridgehead atoms. The van der Waals surface area contributed by atoms with Crippen molar-refractivity contribution in [2.24, 2.45) is 5.10 Å². The number of nitrogens with one attached hydrogen (secondary N) is 1. The average Bonchev–Trinajstić information content (AvgIpc) is 3.39. The topological polar surface area (TPSA) is 146 Å². The van der Waals surface area contributed by atoms with Crippen molar-refractivity contribution in [3.8, 4) is 22.8 Å². The van der Waals surface area contributed by atoms with Crippen molar-refractivity contribution in [3.63, 3.8) is 0 Å². The number of aromatic nitrogens is 5. The van der Waals surface area contributed by atoms with E-state index in [9.17, 15) is 9.18 Å². The van der Waals surface area contributed by atoms with Crippen molar-refractivity contribution >= 4 is 17.9 Å². The number of hydrogen-bond donors (Lipinski definition) is 2. The Morgan fingerprint density at radius 2 is 2.10 bits per heavy atom. The van der Waals surface area contributed by atoms with Crippen LogP contribution in [0, 0.1) is 5.82 Å². The fourth-order valence-corrected chi connectivity index (χ4v) is 2.76. The second-order valence-electron chi connectivity index (χ2n) is 6.16. The van der Waals surface area contributed by atoms with Crippen molar-refractivity contribution in [3.05, 3.63) is 65.6 Å². The van der Waals surface area contributed by atoms with Crippen molar-refractivity contribution in [2.45, 2.75) is 0 Å². The number of methoxy groups -OCH3 is 1. The van der Waals surface area contributed by atoms with Gasteiger partial charge in [-0.25, -0.2) is 14.4 Å². The Labute approximate surface area is 174 Å². The highest BCUT2D eigenvalue weighted by Gasteiger charge is 2.25. The van der Waals surface area contributed by atoms with Crippen LogP contribution in [-0.2, 0) is 0 Å². The largest absolute Gasteiger partial charge is 0.497 e. The lowest BCUT2D eigenvalue weighted by Gasteiger charge is -2.07. The van der Waals surface area contributed by atoms with E-state index in [-0.39, 0.29) is 23.0 Å². The van der Waals surface area contributed by atoms with Crippen molar-refractivity contribution < 1.29 is 18.6 Å². The highest BCUT2D eigenvalue weighted by atomic mass is 19.1. The zero-order valence-corrected chi connectivity index (χ0v) is 16.1. The number of nitrogen functional groups attached to an aromatic ring is 1. The quantitative estimate of drug-likeness (QED) is 0.353. The molecular formula is C19H15FN8O3. The van der Waals surface area contributed by atoms with E-state index in [0.29, 0.717) is 16.9 Å². The fraction of sp³-hybridized carbons (Fsp3) is 0.0526. The molecule has 2 heterocycles. The first-order valence-electron chi connectivity index (χ1n) is 8.84. The fourth-order valence-electron chi connectivity index (χ4n) is 2.76. The van der Waals surface area contributed by atoms with E-state index in [1.165, 1.54) is 36.2 Å². The molecule has 0 atom stereocenters. The molecule has 0 unspecified atom stereocenters. The van der Waals surface area contributed by atoms with Crippen molar-refractivity contribution in [2.75, 3.05) is 12.8 Å². The Kier molecular flexibility index (Phi) is 5.34. The summed E-state index contributed by atoms with van der Waals surface area (Å²) in [5, 5.41) is 19.0. The van der Waals surface area contributed by atoms with Crippen LogP contribution >= 0.6 is 0 Å². The van der Waals surface area contributed by atoms with Gasteiger partial charge >= 0.3 is 0 Å². The molecule has 2 aromatic heterocycles. The SMILES string of the molecule is COc1cccc(-c2c(C(=O)NN=Cc3cccc(F)c3)nnn2-c2nonc2N)c1. The molecule has 0 spiro atoms. The summed E-state index contributed by atoms with van der Waals surface area (Å²) in [5.41, 5.74) is 9.35. The molecule has 0 saturated carbocycles. The van der Waals surface area contributed by atoms with Crippen molar-refractivity contribution in [1.82, 2.24) is 30.7 Å². The summed E-state index contributed by atoms with van der Waals surface area (Å²) in [6.07, 6.45) is 1.30. The normalized spacial score (nSPS) is 11.0. The number of benzene rings is 2. The third-order valence-corrected chi connectivity index (χ3v) is 4.15. The second-order valence-corrected chi connectivity index (χ2v) is 6.16. The smallest absolute Gasteiger partial charge is 0.294 e. The number of hydrogen-bond acceptors (Lipinski definition) is 9. The molecule has 3 N–H and O–H groups in total. The molecule has 156 valence electrons.